The summed E-state index contributed by atoms with van der Waals surface area (Å²) in [7, 11) is 0. The first-order valence-corrected chi connectivity index (χ1v) is 5.74. The van der Waals surface area contributed by atoms with Crippen molar-refractivity contribution in [2.24, 2.45) is 0 Å². The highest BCUT2D eigenvalue weighted by Crippen LogP contribution is 2.24. The first-order chi connectivity index (χ1) is 8.74. The van der Waals surface area contributed by atoms with Crippen LogP contribution in [0.3, 0.4) is 0 Å². The first-order valence-electron chi connectivity index (χ1n) is 5.74. The molecule has 1 aliphatic rings. The largest absolute Gasteiger partial charge is 0.423 e. The van der Waals surface area contributed by atoms with Gasteiger partial charge in [0.15, 0.2) is 5.58 Å². The number of aromatic nitrogens is 1. The predicted octanol–water partition coefficient (Wildman–Crippen LogP) is 2.30. The monoisotopic (exact) mass is 254 g/mol. The van der Waals surface area contributed by atoms with Crippen molar-refractivity contribution in [3.63, 3.8) is 0 Å². The number of alkyl halides is 2. The lowest BCUT2D eigenvalue weighted by Crippen LogP contribution is -2.45. The number of hydrogen-bond donors (Lipinski definition) is 0. The lowest BCUT2D eigenvalue weighted by Gasteiger charge is -2.31. The maximum Gasteiger partial charge on any atom is 0.298 e. The number of oxazole rings is 1. The van der Waals surface area contributed by atoms with Crippen molar-refractivity contribution >= 4 is 17.1 Å². The minimum absolute atomic E-state index is 0.102. The van der Waals surface area contributed by atoms with Crippen LogP contribution >= 0.6 is 0 Å². The molecule has 2 heterocycles. The Bertz CT molecular complexity index is 511. The number of nitrogens with zero attached hydrogens (tertiary/aromatic N) is 2. The Balaban J connectivity index is 1.85. The molecule has 6 heteroatoms. The van der Waals surface area contributed by atoms with Gasteiger partial charge in [0.05, 0.1) is 13.2 Å². The van der Waals surface area contributed by atoms with E-state index in [9.17, 15) is 8.78 Å². The normalized spacial score (nSPS) is 20.8. The lowest BCUT2D eigenvalue weighted by atomic mass is 10.3. The minimum atomic E-state index is -2.49. The molecule has 1 saturated heterocycles. The van der Waals surface area contributed by atoms with Crippen molar-refractivity contribution in [1.82, 2.24) is 4.98 Å². The number of morpholine rings is 1. The average Bonchev–Trinajstić information content (AvgIpc) is 2.82. The third kappa shape index (κ3) is 2.03. The van der Waals surface area contributed by atoms with Crippen LogP contribution in [0.1, 0.15) is 0 Å². The number of ether oxygens (including phenoxy) is 1. The van der Waals surface area contributed by atoms with E-state index in [1.165, 1.54) is 0 Å². The van der Waals surface area contributed by atoms with E-state index in [4.69, 9.17) is 9.15 Å². The zero-order chi connectivity index (χ0) is 12.5. The Morgan fingerprint density at radius 3 is 2.94 bits per heavy atom. The molecule has 96 valence electrons. The second-order valence-electron chi connectivity index (χ2n) is 4.15. The topological polar surface area (TPSA) is 38.5 Å². The Hall–Kier alpha value is -1.69. The molecule has 1 aromatic heterocycles. The number of hydrogen-bond acceptors (Lipinski definition) is 4. The molecular formula is C12H12F2N2O2. The van der Waals surface area contributed by atoms with E-state index in [0.717, 1.165) is 5.52 Å². The van der Waals surface area contributed by atoms with Gasteiger partial charge in [-0.3, -0.25) is 0 Å². The van der Waals surface area contributed by atoms with Gasteiger partial charge in [0, 0.05) is 6.54 Å². The lowest BCUT2D eigenvalue weighted by molar-refractivity contribution is -0.0621. The molecule has 1 aliphatic heterocycles. The maximum absolute atomic E-state index is 12.6. The summed E-state index contributed by atoms with van der Waals surface area (Å²) in [6.45, 7) is 0.869. The van der Waals surface area contributed by atoms with E-state index in [1.807, 2.05) is 18.2 Å². The first kappa shape index (κ1) is 11.4. The zero-order valence-corrected chi connectivity index (χ0v) is 9.55. The molecule has 18 heavy (non-hydrogen) atoms. The smallest absolute Gasteiger partial charge is 0.298 e. The summed E-state index contributed by atoms with van der Waals surface area (Å²) in [5.74, 6) is 0. The Kier molecular flexibility index (Phi) is 2.87. The second kappa shape index (κ2) is 4.53. The Morgan fingerprint density at radius 1 is 1.33 bits per heavy atom. The van der Waals surface area contributed by atoms with Crippen LogP contribution in [0, 0.1) is 0 Å². The molecule has 0 saturated carbocycles. The van der Waals surface area contributed by atoms with E-state index in [0.29, 0.717) is 18.1 Å². The molecule has 3 rings (SSSR count). The molecule has 4 nitrogen and oxygen atoms in total. The van der Waals surface area contributed by atoms with Crippen LogP contribution in [-0.2, 0) is 4.74 Å². The number of rotatable bonds is 2. The van der Waals surface area contributed by atoms with Gasteiger partial charge in [-0.1, -0.05) is 12.1 Å². The van der Waals surface area contributed by atoms with Crippen molar-refractivity contribution in [2.75, 3.05) is 24.6 Å². The van der Waals surface area contributed by atoms with Gasteiger partial charge in [0.1, 0.15) is 11.6 Å². The molecular weight excluding hydrogens is 242 g/mol. The molecule has 0 bridgehead atoms. The number of halogens is 2. The average molecular weight is 254 g/mol. The van der Waals surface area contributed by atoms with Gasteiger partial charge >= 0.3 is 0 Å². The van der Waals surface area contributed by atoms with E-state index in [2.05, 4.69) is 4.98 Å². The van der Waals surface area contributed by atoms with Crippen LogP contribution < -0.4 is 4.90 Å². The summed E-state index contributed by atoms with van der Waals surface area (Å²) >= 11 is 0. The van der Waals surface area contributed by atoms with Crippen LogP contribution in [0.25, 0.3) is 11.1 Å². The van der Waals surface area contributed by atoms with E-state index in [1.54, 1.807) is 11.0 Å². The zero-order valence-electron chi connectivity index (χ0n) is 9.55. The van der Waals surface area contributed by atoms with E-state index >= 15 is 0 Å². The highest BCUT2D eigenvalue weighted by molar-refractivity contribution is 5.74. The van der Waals surface area contributed by atoms with Crippen molar-refractivity contribution in [1.29, 1.82) is 0 Å². The van der Waals surface area contributed by atoms with Crippen molar-refractivity contribution in [3.8, 4) is 0 Å². The summed E-state index contributed by atoms with van der Waals surface area (Å²) in [5, 5.41) is 0. The van der Waals surface area contributed by atoms with Crippen molar-refractivity contribution < 1.29 is 17.9 Å². The van der Waals surface area contributed by atoms with Crippen LogP contribution in [0.4, 0.5) is 14.8 Å². The summed E-state index contributed by atoms with van der Waals surface area (Å²) in [6, 6.07) is 7.71. The molecule has 0 amide bonds. The van der Waals surface area contributed by atoms with E-state index in [-0.39, 0.29) is 13.2 Å². The number of benzene rings is 1. The van der Waals surface area contributed by atoms with Gasteiger partial charge < -0.3 is 14.1 Å². The Labute approximate surface area is 102 Å². The third-order valence-corrected chi connectivity index (χ3v) is 2.93. The fourth-order valence-electron chi connectivity index (χ4n) is 2.00. The van der Waals surface area contributed by atoms with Gasteiger partial charge in [-0.05, 0) is 12.1 Å². The molecule has 0 aliphatic carbocycles. The quantitative estimate of drug-likeness (QED) is 0.824. The van der Waals surface area contributed by atoms with E-state index < -0.39 is 12.5 Å². The van der Waals surface area contributed by atoms with Gasteiger partial charge in [-0.25, -0.2) is 8.78 Å². The summed E-state index contributed by atoms with van der Waals surface area (Å²) in [6.07, 6.45) is -3.56. The molecule has 1 unspecified atom stereocenters. The van der Waals surface area contributed by atoms with Crippen molar-refractivity contribution in [2.45, 2.75) is 12.5 Å². The highest BCUT2D eigenvalue weighted by atomic mass is 19.3. The molecule has 0 radical (unpaired) electrons. The number of fused-ring (bicyclic) bond motifs is 1. The molecule has 1 atom stereocenters. The molecule has 0 spiro atoms. The maximum atomic E-state index is 12.6. The fourth-order valence-corrected chi connectivity index (χ4v) is 2.00. The minimum Gasteiger partial charge on any atom is -0.423 e. The van der Waals surface area contributed by atoms with Crippen LogP contribution in [0.2, 0.25) is 0 Å². The molecule has 1 fully saturated rings. The SMILES string of the molecule is FC(F)C1CN(c2nc3ccccc3o2)CCO1. The van der Waals surface area contributed by atoms with Crippen LogP contribution in [0.5, 0.6) is 0 Å². The van der Waals surface area contributed by atoms with Crippen LogP contribution in [-0.4, -0.2) is 37.2 Å². The molecule has 2 aromatic rings. The van der Waals surface area contributed by atoms with Gasteiger partial charge in [-0.2, -0.15) is 4.98 Å². The predicted molar refractivity (Wildman–Crippen MR) is 62.0 cm³/mol. The standard InChI is InChI=1S/C12H12F2N2O2/c13-11(14)10-7-16(5-6-17-10)12-15-8-3-1-2-4-9(8)18-12/h1-4,10-11H,5-7H2. The molecule has 1 aromatic carbocycles. The number of anilines is 1. The van der Waals surface area contributed by atoms with Crippen LogP contribution in [0.15, 0.2) is 28.7 Å². The van der Waals surface area contributed by atoms with Gasteiger partial charge in [0.2, 0.25) is 0 Å². The van der Waals surface area contributed by atoms with Crippen molar-refractivity contribution in [3.05, 3.63) is 24.3 Å². The van der Waals surface area contributed by atoms with Gasteiger partial charge in [-0.15, -0.1) is 0 Å². The summed E-state index contributed by atoms with van der Waals surface area (Å²) in [5.41, 5.74) is 1.39. The molecule has 0 N–H and O–H groups in total. The fraction of sp³-hybridized carbons (Fsp3) is 0.417. The third-order valence-electron chi connectivity index (χ3n) is 2.93. The highest BCUT2D eigenvalue weighted by Gasteiger charge is 2.30. The van der Waals surface area contributed by atoms with Gasteiger partial charge in [0.25, 0.3) is 12.4 Å². The number of para-hydroxylation sites is 2. The summed E-state index contributed by atoms with van der Waals surface area (Å²) < 4.78 is 35.8. The summed E-state index contributed by atoms with van der Waals surface area (Å²) in [4.78, 5) is 5.98. The Morgan fingerprint density at radius 2 is 2.17 bits per heavy atom. The second-order valence-corrected chi connectivity index (χ2v) is 4.15.